The largest absolute Gasteiger partial charge is 0.508 e. The van der Waals surface area contributed by atoms with Crippen LogP contribution in [0.5, 0.6) is 5.75 Å². The van der Waals surface area contributed by atoms with E-state index in [0.29, 0.717) is 6.54 Å². The highest BCUT2D eigenvalue weighted by Gasteiger charge is 2.01. The van der Waals surface area contributed by atoms with E-state index in [4.69, 9.17) is 0 Å². The normalized spacial score (nSPS) is 11.2. The molecule has 1 aromatic rings. The topological polar surface area (TPSA) is 61.4 Å². The van der Waals surface area contributed by atoms with E-state index in [0.717, 1.165) is 24.9 Å². The molecule has 1 aromatic carbocycles. The van der Waals surface area contributed by atoms with E-state index in [1.54, 1.807) is 12.1 Å². The molecule has 0 bridgehead atoms. The number of carbonyl (C=O) groups excluding carboxylic acids is 1. The van der Waals surface area contributed by atoms with Crippen LogP contribution in [0, 0.1) is 0 Å². The Hall–Kier alpha value is -1.36. The first kappa shape index (κ1) is 39.7. The molecule has 0 aliphatic heterocycles. The number of phenols is 1. The summed E-state index contributed by atoms with van der Waals surface area (Å²) in [7, 11) is 0. The molecule has 0 aliphatic rings. The third-order valence-corrected chi connectivity index (χ3v) is 9.68. The van der Waals surface area contributed by atoms with E-state index in [9.17, 15) is 9.90 Å². The van der Waals surface area contributed by atoms with Gasteiger partial charge in [0.25, 0.3) is 0 Å². The van der Waals surface area contributed by atoms with Gasteiger partial charge in [-0.1, -0.05) is 160 Å². The summed E-state index contributed by atoms with van der Waals surface area (Å²) in [5, 5.41) is 15.2. The van der Waals surface area contributed by atoms with E-state index >= 15 is 0 Å². The lowest BCUT2D eigenvalue weighted by molar-refractivity contribution is 0.241. The molecule has 1 rings (SSSR count). The van der Waals surface area contributed by atoms with Gasteiger partial charge in [-0.2, -0.15) is 11.8 Å². The molecule has 43 heavy (non-hydrogen) atoms. The zero-order valence-electron chi connectivity index (χ0n) is 28.3. The lowest BCUT2D eigenvalue weighted by Crippen LogP contribution is -2.37. The molecule has 2 amide bonds. The number of hydrogen-bond acceptors (Lipinski definition) is 3. The third-order valence-electron chi connectivity index (χ3n) is 8.53. The fourth-order valence-corrected chi connectivity index (χ4v) is 6.69. The minimum atomic E-state index is -0.0815. The maximum absolute atomic E-state index is 11.9. The van der Waals surface area contributed by atoms with E-state index < -0.39 is 0 Å². The Balaban J connectivity index is 1.67. The molecule has 4 nitrogen and oxygen atoms in total. The average Bonchev–Trinajstić information content (AvgIpc) is 3.01. The van der Waals surface area contributed by atoms with Gasteiger partial charge in [0, 0.05) is 13.1 Å². The summed E-state index contributed by atoms with van der Waals surface area (Å²) in [6.07, 6.45) is 35.8. The summed E-state index contributed by atoms with van der Waals surface area (Å²) < 4.78 is 0. The quantitative estimate of drug-likeness (QED) is 0.0704. The van der Waals surface area contributed by atoms with Gasteiger partial charge in [-0.3, -0.25) is 0 Å². The number of nitrogens with one attached hydrogen (secondary N) is 2. The van der Waals surface area contributed by atoms with Gasteiger partial charge in [0.2, 0.25) is 0 Å². The van der Waals surface area contributed by atoms with E-state index in [1.807, 2.05) is 12.1 Å². The van der Waals surface area contributed by atoms with Crippen molar-refractivity contribution in [2.24, 2.45) is 0 Å². The fourth-order valence-electron chi connectivity index (χ4n) is 5.67. The Kier molecular flexibility index (Phi) is 29.6. The fraction of sp³-hybridized carbons (Fsp3) is 0.816. The molecular weight excluding hydrogens is 548 g/mol. The maximum atomic E-state index is 11.9. The van der Waals surface area contributed by atoms with E-state index in [1.165, 1.54) is 166 Å². The number of urea groups is 1. The molecule has 250 valence electrons. The van der Waals surface area contributed by atoms with Crippen molar-refractivity contribution in [1.82, 2.24) is 10.6 Å². The van der Waals surface area contributed by atoms with Crippen LogP contribution in [0.2, 0.25) is 0 Å². The predicted octanol–water partition coefficient (Wildman–Crippen LogP) is 11.7. The second-order valence-corrected chi connectivity index (χ2v) is 13.9. The Morgan fingerprint density at radius 2 is 0.907 bits per heavy atom. The van der Waals surface area contributed by atoms with Crippen LogP contribution < -0.4 is 10.6 Å². The van der Waals surface area contributed by atoms with E-state index in [-0.39, 0.29) is 11.8 Å². The smallest absolute Gasteiger partial charge is 0.314 e. The first-order valence-corrected chi connectivity index (χ1v) is 19.7. The Morgan fingerprint density at radius 1 is 0.535 bits per heavy atom. The van der Waals surface area contributed by atoms with Crippen LogP contribution in [0.25, 0.3) is 0 Å². The van der Waals surface area contributed by atoms with E-state index in [2.05, 4.69) is 29.3 Å². The molecule has 0 aliphatic carbocycles. The molecule has 0 saturated carbocycles. The summed E-state index contributed by atoms with van der Waals surface area (Å²) in [5.74, 6) is 3.00. The second-order valence-electron chi connectivity index (χ2n) is 12.7. The van der Waals surface area contributed by atoms with Gasteiger partial charge in [0.15, 0.2) is 0 Å². The SMILES string of the molecule is CCCCCCCCCCCCCCCCCCSCCCCCCCCCCCNC(=O)NCCc1ccc(O)cc1. The van der Waals surface area contributed by atoms with Crippen molar-refractivity contribution in [3.05, 3.63) is 29.8 Å². The molecule has 0 spiro atoms. The average molecular weight is 619 g/mol. The number of thioether (sulfide) groups is 1. The monoisotopic (exact) mass is 619 g/mol. The summed E-state index contributed by atoms with van der Waals surface area (Å²) in [4.78, 5) is 11.9. The third kappa shape index (κ3) is 29.1. The number of benzene rings is 1. The van der Waals surface area contributed by atoms with Gasteiger partial charge in [-0.05, 0) is 54.9 Å². The Morgan fingerprint density at radius 3 is 1.35 bits per heavy atom. The van der Waals surface area contributed by atoms with Gasteiger partial charge in [-0.15, -0.1) is 0 Å². The number of rotatable bonds is 32. The first-order chi connectivity index (χ1) is 21.2. The van der Waals surface area contributed by atoms with Crippen LogP contribution in [0.4, 0.5) is 4.79 Å². The molecule has 0 fully saturated rings. The van der Waals surface area contributed by atoms with Crippen molar-refractivity contribution in [2.75, 3.05) is 24.6 Å². The minimum Gasteiger partial charge on any atom is -0.508 e. The van der Waals surface area contributed by atoms with Gasteiger partial charge in [0.1, 0.15) is 5.75 Å². The lowest BCUT2D eigenvalue weighted by atomic mass is 10.0. The molecule has 0 saturated heterocycles. The van der Waals surface area contributed by atoms with Gasteiger partial charge in [0.05, 0.1) is 0 Å². The minimum absolute atomic E-state index is 0.0815. The van der Waals surface area contributed by atoms with Crippen LogP contribution in [0.1, 0.15) is 173 Å². The summed E-state index contributed by atoms with van der Waals surface area (Å²) >= 11 is 2.18. The number of aromatic hydroxyl groups is 1. The highest BCUT2D eigenvalue weighted by molar-refractivity contribution is 7.99. The molecule has 0 radical (unpaired) electrons. The highest BCUT2D eigenvalue weighted by Crippen LogP contribution is 2.16. The van der Waals surface area contributed by atoms with Crippen molar-refractivity contribution in [3.8, 4) is 5.75 Å². The van der Waals surface area contributed by atoms with Crippen LogP contribution in [-0.2, 0) is 6.42 Å². The Labute approximate surface area is 271 Å². The maximum Gasteiger partial charge on any atom is 0.314 e. The zero-order valence-corrected chi connectivity index (χ0v) is 29.1. The first-order valence-electron chi connectivity index (χ1n) is 18.6. The van der Waals surface area contributed by atoms with Crippen molar-refractivity contribution < 1.29 is 9.90 Å². The number of hydrogen-bond donors (Lipinski definition) is 3. The number of amides is 2. The van der Waals surface area contributed by atoms with Crippen LogP contribution in [0.3, 0.4) is 0 Å². The molecule has 0 atom stereocenters. The standard InChI is InChI=1S/C38H70N2O2S/c1-2-3-4-5-6-7-8-9-10-11-12-13-16-19-22-25-34-43-35-26-23-20-17-14-15-18-21-24-32-39-38(42)40-33-31-36-27-29-37(41)30-28-36/h27-30,41H,2-26,31-35H2,1H3,(H2,39,40,42). The molecule has 5 heteroatoms. The number of unbranched alkanes of at least 4 members (excludes halogenated alkanes) is 23. The van der Waals surface area contributed by atoms with Crippen LogP contribution >= 0.6 is 11.8 Å². The summed E-state index contributed by atoms with van der Waals surface area (Å²) in [5.41, 5.74) is 1.11. The molecule has 0 heterocycles. The number of carbonyl (C=O) groups is 1. The summed E-state index contributed by atoms with van der Waals surface area (Å²) in [6, 6.07) is 7.05. The van der Waals surface area contributed by atoms with Crippen molar-refractivity contribution in [2.45, 2.75) is 174 Å². The van der Waals surface area contributed by atoms with Gasteiger partial charge < -0.3 is 15.7 Å². The molecular formula is C38H70N2O2S. The Bertz CT molecular complexity index is 712. The second kappa shape index (κ2) is 32.0. The van der Waals surface area contributed by atoms with Crippen molar-refractivity contribution >= 4 is 17.8 Å². The van der Waals surface area contributed by atoms with Gasteiger partial charge >= 0.3 is 6.03 Å². The predicted molar refractivity (Wildman–Crippen MR) is 192 cm³/mol. The highest BCUT2D eigenvalue weighted by atomic mass is 32.2. The molecule has 0 aromatic heterocycles. The number of phenolic OH excluding ortho intramolecular Hbond substituents is 1. The molecule has 0 unspecified atom stereocenters. The van der Waals surface area contributed by atoms with Crippen LogP contribution in [-0.4, -0.2) is 35.7 Å². The summed E-state index contributed by atoms with van der Waals surface area (Å²) in [6.45, 7) is 3.66. The van der Waals surface area contributed by atoms with Crippen LogP contribution in [0.15, 0.2) is 24.3 Å². The molecule has 3 N–H and O–H groups in total. The van der Waals surface area contributed by atoms with Crippen molar-refractivity contribution in [3.63, 3.8) is 0 Å². The lowest BCUT2D eigenvalue weighted by Gasteiger charge is -2.08. The van der Waals surface area contributed by atoms with Gasteiger partial charge in [-0.25, -0.2) is 4.79 Å². The zero-order chi connectivity index (χ0) is 30.9. The van der Waals surface area contributed by atoms with Crippen molar-refractivity contribution in [1.29, 1.82) is 0 Å².